The number of carbonyl (C=O) groups excluding carboxylic acids is 2. The predicted octanol–water partition coefficient (Wildman–Crippen LogP) is 2.00. The smallest absolute Gasteiger partial charge is 0.375 e. The fourth-order valence-corrected chi connectivity index (χ4v) is 1.88. The Morgan fingerprint density at radius 2 is 2.05 bits per heavy atom. The maximum atomic E-state index is 12.1. The van der Waals surface area contributed by atoms with E-state index in [1.54, 1.807) is 12.1 Å². The highest BCUT2D eigenvalue weighted by atomic mass is 16.6. The average Bonchev–Trinajstić information content (AvgIpc) is 2.83. The number of rotatable bonds is 6. The third kappa shape index (κ3) is 3.22. The zero-order valence-electron chi connectivity index (χ0n) is 11.9. The molecule has 0 aliphatic rings. The van der Waals surface area contributed by atoms with E-state index in [-0.39, 0.29) is 12.4 Å². The largest absolute Gasteiger partial charge is 0.449 e. The molecule has 21 heavy (non-hydrogen) atoms. The van der Waals surface area contributed by atoms with Gasteiger partial charge >= 0.3 is 5.97 Å². The van der Waals surface area contributed by atoms with Gasteiger partial charge in [-0.15, -0.1) is 0 Å². The van der Waals surface area contributed by atoms with Gasteiger partial charge in [-0.1, -0.05) is 18.2 Å². The normalized spacial score (nSPS) is 12.3. The van der Waals surface area contributed by atoms with Crippen molar-refractivity contribution in [3.8, 4) is 0 Å². The van der Waals surface area contributed by atoms with Crippen LogP contribution in [0.4, 0.5) is 0 Å². The van der Waals surface area contributed by atoms with Gasteiger partial charge in [0.2, 0.25) is 5.76 Å². The van der Waals surface area contributed by atoms with Gasteiger partial charge in [0, 0.05) is 17.6 Å². The summed E-state index contributed by atoms with van der Waals surface area (Å²) < 4.78 is 15.9. The van der Waals surface area contributed by atoms with E-state index >= 15 is 0 Å². The Morgan fingerprint density at radius 3 is 2.71 bits per heavy atom. The number of hydrogen-bond acceptors (Lipinski definition) is 5. The molecule has 2 N–H and O–H groups in total. The lowest BCUT2D eigenvalue weighted by Gasteiger charge is -2.09. The van der Waals surface area contributed by atoms with Gasteiger partial charge in [0.1, 0.15) is 5.58 Å². The molecule has 0 saturated carbocycles. The van der Waals surface area contributed by atoms with Crippen molar-refractivity contribution in [2.45, 2.75) is 26.6 Å². The third-order valence-electron chi connectivity index (χ3n) is 3.02. The minimum Gasteiger partial charge on any atom is -0.449 e. The predicted molar refractivity (Wildman–Crippen MR) is 75.6 cm³/mol. The highest BCUT2D eigenvalue weighted by Crippen LogP contribution is 2.27. The van der Waals surface area contributed by atoms with Gasteiger partial charge in [-0.25, -0.2) is 4.79 Å². The van der Waals surface area contributed by atoms with E-state index in [2.05, 4.69) is 0 Å². The number of esters is 1. The minimum atomic E-state index is -1.02. The van der Waals surface area contributed by atoms with Gasteiger partial charge < -0.3 is 19.6 Å². The third-order valence-corrected chi connectivity index (χ3v) is 3.02. The van der Waals surface area contributed by atoms with Crippen molar-refractivity contribution in [2.24, 2.45) is 5.73 Å². The monoisotopic (exact) mass is 291 g/mol. The van der Waals surface area contributed by atoms with Crippen LogP contribution >= 0.6 is 0 Å². The van der Waals surface area contributed by atoms with Crippen molar-refractivity contribution in [3.05, 3.63) is 35.6 Å². The summed E-state index contributed by atoms with van der Waals surface area (Å²) in [5.74, 6) is -1.41. The van der Waals surface area contributed by atoms with Gasteiger partial charge in [0.25, 0.3) is 5.91 Å². The number of nitrogens with two attached hydrogens (primary N) is 1. The first kappa shape index (κ1) is 15.1. The Labute approximate surface area is 121 Å². The Morgan fingerprint density at radius 1 is 1.33 bits per heavy atom. The van der Waals surface area contributed by atoms with Crippen LogP contribution in [0.15, 0.2) is 28.7 Å². The van der Waals surface area contributed by atoms with E-state index in [0.717, 1.165) is 5.39 Å². The molecule has 1 amide bonds. The quantitative estimate of drug-likeness (QED) is 0.822. The summed E-state index contributed by atoms with van der Waals surface area (Å²) in [6.45, 7) is 4.00. The molecule has 0 fully saturated rings. The first-order valence-electron chi connectivity index (χ1n) is 6.63. The van der Waals surface area contributed by atoms with Crippen molar-refractivity contribution in [3.63, 3.8) is 0 Å². The number of ether oxygens (including phenoxy) is 2. The SMILES string of the molecule is CCOCc1c(C(=O)O[C@@H](C)C(N)=O)oc2ccccc12. The number of amides is 1. The number of primary amides is 1. The van der Waals surface area contributed by atoms with Crippen LogP contribution in [-0.2, 0) is 20.9 Å². The van der Waals surface area contributed by atoms with Gasteiger partial charge in [0.15, 0.2) is 6.10 Å². The maximum absolute atomic E-state index is 12.1. The maximum Gasteiger partial charge on any atom is 0.375 e. The van der Waals surface area contributed by atoms with Crippen molar-refractivity contribution in [1.82, 2.24) is 0 Å². The molecule has 2 rings (SSSR count). The standard InChI is InChI=1S/C15H17NO5/c1-3-19-8-11-10-6-4-5-7-12(10)21-13(11)15(18)20-9(2)14(16)17/h4-7,9H,3,8H2,1-2H3,(H2,16,17)/t9-/m0/s1. The first-order valence-corrected chi connectivity index (χ1v) is 6.63. The van der Waals surface area contributed by atoms with Crippen LogP contribution in [-0.4, -0.2) is 24.6 Å². The van der Waals surface area contributed by atoms with Crippen molar-refractivity contribution < 1.29 is 23.5 Å². The van der Waals surface area contributed by atoms with Crippen molar-refractivity contribution in [1.29, 1.82) is 0 Å². The Balaban J connectivity index is 2.37. The van der Waals surface area contributed by atoms with Crippen LogP contribution in [0.3, 0.4) is 0 Å². The average molecular weight is 291 g/mol. The summed E-state index contributed by atoms with van der Waals surface area (Å²) >= 11 is 0. The summed E-state index contributed by atoms with van der Waals surface area (Å²) in [6.07, 6.45) is -1.02. The van der Waals surface area contributed by atoms with Crippen LogP contribution < -0.4 is 5.73 Å². The number of hydrogen-bond donors (Lipinski definition) is 1. The molecule has 0 aliphatic heterocycles. The highest BCUT2D eigenvalue weighted by Gasteiger charge is 2.24. The van der Waals surface area contributed by atoms with Crippen molar-refractivity contribution >= 4 is 22.8 Å². The lowest BCUT2D eigenvalue weighted by atomic mass is 10.1. The first-order chi connectivity index (χ1) is 10.0. The lowest BCUT2D eigenvalue weighted by molar-refractivity contribution is -0.125. The molecule has 6 nitrogen and oxygen atoms in total. The summed E-state index contributed by atoms with van der Waals surface area (Å²) in [4.78, 5) is 23.1. The molecular formula is C15H17NO5. The minimum absolute atomic E-state index is 0.0396. The zero-order valence-corrected chi connectivity index (χ0v) is 11.9. The Kier molecular flexibility index (Phi) is 4.59. The van der Waals surface area contributed by atoms with Gasteiger partial charge in [-0.3, -0.25) is 4.79 Å². The fourth-order valence-electron chi connectivity index (χ4n) is 1.88. The number of para-hydroxylation sites is 1. The molecule has 0 bridgehead atoms. The second kappa shape index (κ2) is 6.41. The van der Waals surface area contributed by atoms with E-state index in [0.29, 0.717) is 17.8 Å². The molecule has 0 saturated heterocycles. The second-order valence-corrected chi connectivity index (χ2v) is 4.49. The topological polar surface area (TPSA) is 91.8 Å². The molecular weight excluding hydrogens is 274 g/mol. The Bertz CT molecular complexity index is 661. The fraction of sp³-hybridized carbons (Fsp3) is 0.333. The number of furan rings is 1. The summed E-state index contributed by atoms with van der Waals surface area (Å²) in [6, 6.07) is 7.23. The molecule has 0 aliphatic carbocycles. The van der Waals surface area contributed by atoms with Crippen LogP contribution in [0, 0.1) is 0 Å². The van der Waals surface area contributed by atoms with E-state index in [9.17, 15) is 9.59 Å². The van der Waals surface area contributed by atoms with Crippen molar-refractivity contribution in [2.75, 3.05) is 6.61 Å². The molecule has 1 aromatic heterocycles. The van der Waals surface area contributed by atoms with E-state index in [4.69, 9.17) is 19.6 Å². The molecule has 0 radical (unpaired) electrons. The van der Waals surface area contributed by atoms with Crippen LogP contribution in [0.25, 0.3) is 11.0 Å². The van der Waals surface area contributed by atoms with Gasteiger partial charge in [0.05, 0.1) is 6.61 Å². The molecule has 112 valence electrons. The molecule has 0 spiro atoms. The molecule has 1 atom stereocenters. The summed E-state index contributed by atoms with van der Waals surface area (Å²) in [5.41, 5.74) is 6.25. The van der Waals surface area contributed by atoms with Crippen LogP contribution in [0.1, 0.15) is 30.0 Å². The summed E-state index contributed by atoms with van der Waals surface area (Å²) in [7, 11) is 0. The van der Waals surface area contributed by atoms with Gasteiger partial charge in [-0.2, -0.15) is 0 Å². The Hall–Kier alpha value is -2.34. The second-order valence-electron chi connectivity index (χ2n) is 4.49. The summed E-state index contributed by atoms with van der Waals surface area (Å²) in [5, 5.41) is 0.782. The van der Waals surface area contributed by atoms with E-state index in [1.165, 1.54) is 6.92 Å². The zero-order chi connectivity index (χ0) is 15.4. The van der Waals surface area contributed by atoms with Gasteiger partial charge in [-0.05, 0) is 19.9 Å². The molecule has 1 aromatic carbocycles. The molecule has 2 aromatic rings. The van der Waals surface area contributed by atoms with E-state index in [1.807, 2.05) is 19.1 Å². The number of benzene rings is 1. The highest BCUT2D eigenvalue weighted by molar-refractivity contribution is 5.97. The number of fused-ring (bicyclic) bond motifs is 1. The van der Waals surface area contributed by atoms with Crippen LogP contribution in [0.5, 0.6) is 0 Å². The molecule has 1 heterocycles. The molecule has 0 unspecified atom stereocenters. The molecule has 6 heteroatoms. The number of carbonyl (C=O) groups is 2. The van der Waals surface area contributed by atoms with Crippen LogP contribution in [0.2, 0.25) is 0 Å². The lowest BCUT2D eigenvalue weighted by Crippen LogP contribution is -2.30. The van der Waals surface area contributed by atoms with E-state index < -0.39 is 18.0 Å².